The summed E-state index contributed by atoms with van der Waals surface area (Å²) < 4.78 is 61.6. The van der Waals surface area contributed by atoms with Crippen molar-refractivity contribution >= 4 is 23.7 Å². The second-order valence-electron chi connectivity index (χ2n) is 16.0. The minimum Gasteiger partial charge on any atom is -0.504 e. The lowest BCUT2D eigenvalue weighted by molar-refractivity contribution is -0.757. The van der Waals surface area contributed by atoms with Crippen LogP contribution in [-0.4, -0.2) is 99.4 Å². The van der Waals surface area contributed by atoms with E-state index < -0.39 is 111 Å². The summed E-state index contributed by atoms with van der Waals surface area (Å²) in [6, 6.07) is 1.80. The lowest BCUT2D eigenvalue weighted by Crippen LogP contribution is -2.71. The third-order valence-electron chi connectivity index (χ3n) is 12.3. The fourth-order valence-corrected chi connectivity index (χ4v) is 9.89. The van der Waals surface area contributed by atoms with E-state index in [0.717, 1.165) is 24.3 Å². The van der Waals surface area contributed by atoms with Crippen LogP contribution in [0, 0.1) is 32.8 Å². The highest BCUT2D eigenvalue weighted by Crippen LogP contribution is 2.72. The van der Waals surface area contributed by atoms with E-state index in [1.54, 1.807) is 20.8 Å². The van der Waals surface area contributed by atoms with Gasteiger partial charge >= 0.3 is 12.1 Å². The van der Waals surface area contributed by atoms with Crippen LogP contribution in [0.15, 0.2) is 35.9 Å². The van der Waals surface area contributed by atoms with Crippen LogP contribution in [0.4, 0.5) is 13.6 Å². The second-order valence-corrected chi connectivity index (χ2v) is 16.0. The van der Waals surface area contributed by atoms with Crippen LogP contribution in [0.2, 0.25) is 0 Å². The first-order valence-corrected chi connectivity index (χ1v) is 18.4. The molecule has 0 aromatic heterocycles. The molecule has 306 valence electrons. The average Bonchev–Trinajstić information content (AvgIpc) is 3.53. The van der Waals surface area contributed by atoms with Gasteiger partial charge in [-0.05, 0) is 95.1 Å². The number of nitrogens with zero attached hydrogens (tertiary/aromatic N) is 1. The molecule has 0 amide bonds. The van der Waals surface area contributed by atoms with Gasteiger partial charge in [0, 0.05) is 16.7 Å². The molecule has 56 heavy (non-hydrogen) atoms. The molecule has 4 fully saturated rings. The molecule has 1 aromatic rings. The summed E-state index contributed by atoms with van der Waals surface area (Å²) in [4.78, 5) is 66.5. The normalized spacial score (nSPS) is 34.9. The van der Waals surface area contributed by atoms with Gasteiger partial charge in [-0.15, -0.1) is 10.1 Å². The molecule has 16 nitrogen and oxygen atoms in total. The van der Waals surface area contributed by atoms with Gasteiger partial charge in [0.25, 0.3) is 5.09 Å². The number of allylic oxidation sites excluding steroid dienone is 4. The van der Waals surface area contributed by atoms with Gasteiger partial charge in [-0.25, -0.2) is 18.4 Å². The van der Waals surface area contributed by atoms with E-state index in [0.29, 0.717) is 25.7 Å². The molecule has 2 unspecified atom stereocenters. The molecule has 0 radical (unpaired) electrons. The number of rotatable bonds is 13. The molecule has 3 saturated carbocycles. The average molecular weight is 794 g/mol. The van der Waals surface area contributed by atoms with E-state index in [1.807, 2.05) is 0 Å². The number of fused-ring (bicyclic) bond motifs is 7. The number of halogens is 2. The SMILES string of the molecule is CC1(C)O[C@@H]2CC3C4C[C@H](F)C5=CC(=O)C=C[C@]5(C)[C@@]4(F)[C@@H](O)C[C@]3(C)[C@]2(C(=O)COC(=O)Oc2cc(C(=O)OCCCCCCO[N+](=O)[O-])cc(O)c2O)O1. The minimum absolute atomic E-state index is 0.0403. The van der Waals surface area contributed by atoms with Crippen molar-refractivity contribution < 1.29 is 76.9 Å². The maximum absolute atomic E-state index is 17.7. The number of unbranched alkanes of at least 4 members (excludes halogenated alkanes) is 3. The highest BCUT2D eigenvalue weighted by atomic mass is 19.1. The summed E-state index contributed by atoms with van der Waals surface area (Å²) in [6.07, 6.45) is -1.11. The molecule has 1 aromatic carbocycles. The number of hydrogen-bond donors (Lipinski definition) is 3. The Morgan fingerprint density at radius 2 is 1.71 bits per heavy atom. The Morgan fingerprint density at radius 3 is 2.41 bits per heavy atom. The molecule has 18 heteroatoms. The van der Waals surface area contributed by atoms with E-state index in [1.165, 1.54) is 13.0 Å². The lowest BCUT2D eigenvalue weighted by atomic mass is 9.44. The number of ether oxygens (including phenoxy) is 5. The van der Waals surface area contributed by atoms with Crippen LogP contribution in [0.25, 0.3) is 0 Å². The third-order valence-corrected chi connectivity index (χ3v) is 12.3. The van der Waals surface area contributed by atoms with Gasteiger partial charge in [0.2, 0.25) is 11.5 Å². The number of phenolic OH excluding ortho intramolecular Hbond substituents is 2. The number of alkyl halides is 2. The topological polar surface area (TPSA) is 227 Å². The second kappa shape index (κ2) is 14.7. The number of ketones is 2. The van der Waals surface area contributed by atoms with E-state index in [2.05, 4.69) is 4.84 Å². The fourth-order valence-electron chi connectivity index (χ4n) is 9.89. The number of carbonyl (C=O) groups excluding carboxylic acids is 4. The number of aliphatic hydroxyl groups is 1. The number of aliphatic hydroxyl groups excluding tert-OH is 1. The molecular formula is C38H45F2NO15. The van der Waals surface area contributed by atoms with Gasteiger partial charge in [-0.3, -0.25) is 9.59 Å². The highest BCUT2D eigenvalue weighted by molar-refractivity contribution is 6.01. The van der Waals surface area contributed by atoms with Crippen molar-refractivity contribution in [1.29, 1.82) is 0 Å². The first-order valence-electron chi connectivity index (χ1n) is 18.4. The summed E-state index contributed by atoms with van der Waals surface area (Å²) in [7, 11) is 0. The molecule has 1 aliphatic heterocycles. The van der Waals surface area contributed by atoms with Crippen LogP contribution < -0.4 is 4.74 Å². The number of carbonyl (C=O) groups is 4. The zero-order valence-electron chi connectivity index (χ0n) is 31.3. The molecule has 0 bridgehead atoms. The number of Topliss-reactive ketones (excluding diaryl/α,β-unsaturated/α-hetero) is 1. The Kier molecular flexibility index (Phi) is 10.7. The monoisotopic (exact) mass is 793 g/mol. The van der Waals surface area contributed by atoms with Gasteiger partial charge in [-0.2, -0.15) is 0 Å². The van der Waals surface area contributed by atoms with Crippen molar-refractivity contribution in [3.8, 4) is 17.2 Å². The quantitative estimate of drug-likeness (QED) is 0.0601. The predicted octanol–water partition coefficient (Wildman–Crippen LogP) is 4.93. The molecule has 0 spiro atoms. The maximum Gasteiger partial charge on any atom is 0.514 e. The number of esters is 1. The summed E-state index contributed by atoms with van der Waals surface area (Å²) in [5.74, 6) is -7.94. The third kappa shape index (κ3) is 6.68. The Hall–Kier alpha value is -4.68. The first kappa shape index (κ1) is 41.0. The molecule has 9 atom stereocenters. The van der Waals surface area contributed by atoms with Crippen LogP contribution in [0.5, 0.6) is 17.2 Å². The molecule has 5 aliphatic rings. The molecule has 3 N–H and O–H groups in total. The molecule has 1 heterocycles. The van der Waals surface area contributed by atoms with E-state index >= 15 is 8.78 Å². The Morgan fingerprint density at radius 1 is 1.02 bits per heavy atom. The number of phenols is 2. The van der Waals surface area contributed by atoms with Crippen LogP contribution in [-0.2, 0) is 33.4 Å². The zero-order chi connectivity index (χ0) is 41.0. The largest absolute Gasteiger partial charge is 0.514 e. The smallest absolute Gasteiger partial charge is 0.504 e. The van der Waals surface area contributed by atoms with Gasteiger partial charge in [0.05, 0.1) is 31.0 Å². The maximum atomic E-state index is 17.7. The number of hydrogen-bond acceptors (Lipinski definition) is 15. The summed E-state index contributed by atoms with van der Waals surface area (Å²) >= 11 is 0. The minimum atomic E-state index is -2.42. The van der Waals surface area contributed by atoms with Crippen molar-refractivity contribution in [2.75, 3.05) is 19.8 Å². The summed E-state index contributed by atoms with van der Waals surface area (Å²) in [5.41, 5.74) is -7.70. The van der Waals surface area contributed by atoms with Crippen molar-refractivity contribution in [3.63, 3.8) is 0 Å². The highest BCUT2D eigenvalue weighted by Gasteiger charge is 2.80. The van der Waals surface area contributed by atoms with E-state index in [4.69, 9.17) is 23.7 Å². The van der Waals surface area contributed by atoms with E-state index in [-0.39, 0.29) is 43.6 Å². The molecule has 1 saturated heterocycles. The van der Waals surface area contributed by atoms with Crippen LogP contribution >= 0.6 is 0 Å². The fraction of sp³-hybridized carbons (Fsp3) is 0.632. The van der Waals surface area contributed by atoms with Crippen molar-refractivity contribution in [2.45, 2.75) is 108 Å². The Labute approximate surface area is 319 Å². The van der Waals surface area contributed by atoms with Crippen molar-refractivity contribution in [1.82, 2.24) is 0 Å². The van der Waals surface area contributed by atoms with E-state index in [9.17, 15) is 44.6 Å². The zero-order valence-corrected chi connectivity index (χ0v) is 31.3. The van der Waals surface area contributed by atoms with Crippen LogP contribution in [0.1, 0.15) is 83.0 Å². The van der Waals surface area contributed by atoms with Gasteiger partial charge in [-0.1, -0.05) is 19.4 Å². The lowest BCUT2D eigenvalue weighted by Gasteiger charge is -2.63. The standard InChI is InChI=1S/C38H45F2NO15/c1-34(2)55-30-17-22-23-16-25(39)24-15-21(42)9-10-35(24,3)37(23,40)28(44)18-36(22,4)38(30,56-34)29(45)19-52-33(48)54-27-14-20(13-26(43)31(27)46)32(47)51-11-7-5-6-8-12-53-41(49)50/h9-10,13-15,22-23,25,28,30,43-44,46H,5-8,11-12,16-19H2,1-4H3/t22?,23?,25-,28-,30+,35-,36-,37-,38+/m0/s1. The molecule has 4 aliphatic carbocycles. The predicted molar refractivity (Wildman–Crippen MR) is 185 cm³/mol. The Bertz CT molecular complexity index is 1870. The number of benzene rings is 1. The van der Waals surface area contributed by atoms with Crippen LogP contribution in [0.3, 0.4) is 0 Å². The molecular weight excluding hydrogens is 748 g/mol. The number of aromatic hydroxyl groups is 2. The van der Waals surface area contributed by atoms with Crippen molar-refractivity contribution in [3.05, 3.63) is 51.6 Å². The summed E-state index contributed by atoms with van der Waals surface area (Å²) in [6.45, 7) is 5.15. The Balaban J connectivity index is 1.14. The van der Waals surface area contributed by atoms with Gasteiger partial charge in [0.1, 0.15) is 6.17 Å². The van der Waals surface area contributed by atoms with Crippen molar-refractivity contribution in [2.24, 2.45) is 22.7 Å². The first-order chi connectivity index (χ1) is 26.2. The van der Waals surface area contributed by atoms with Gasteiger partial charge in [0.15, 0.2) is 40.9 Å². The van der Waals surface area contributed by atoms with Gasteiger partial charge < -0.3 is 43.8 Å². The summed E-state index contributed by atoms with van der Waals surface area (Å²) in [5, 5.41) is 41.6. The molecule has 6 rings (SSSR count).